The lowest BCUT2D eigenvalue weighted by molar-refractivity contribution is -0.137. The van der Waals surface area contributed by atoms with E-state index in [-0.39, 0.29) is 24.7 Å². The third-order valence-corrected chi connectivity index (χ3v) is 3.02. The van der Waals surface area contributed by atoms with E-state index in [1.807, 2.05) is 38.1 Å². The summed E-state index contributed by atoms with van der Waals surface area (Å²) in [5.41, 5.74) is 1.48. The molecule has 2 rings (SSSR count). The Bertz CT molecular complexity index is 644. The van der Waals surface area contributed by atoms with Crippen LogP contribution in [-0.2, 0) is 11.2 Å². The molecule has 20 heavy (non-hydrogen) atoms. The van der Waals surface area contributed by atoms with Crippen molar-refractivity contribution in [2.75, 3.05) is 0 Å². The van der Waals surface area contributed by atoms with Crippen LogP contribution in [0.25, 0.3) is 11.0 Å². The van der Waals surface area contributed by atoms with Gasteiger partial charge < -0.3 is 5.11 Å². The summed E-state index contributed by atoms with van der Waals surface area (Å²) in [4.78, 5) is 27.5. The highest BCUT2D eigenvalue weighted by atomic mass is 16.4. The molecule has 0 unspecified atom stereocenters. The normalized spacial score (nSPS) is 11.2. The summed E-state index contributed by atoms with van der Waals surface area (Å²) >= 11 is 0. The van der Waals surface area contributed by atoms with Crippen molar-refractivity contribution in [3.8, 4) is 0 Å². The third kappa shape index (κ3) is 3.04. The van der Waals surface area contributed by atoms with Crippen LogP contribution in [0.4, 0.5) is 0 Å². The lowest BCUT2D eigenvalue weighted by Gasteiger charge is -2.09. The zero-order chi connectivity index (χ0) is 14.7. The van der Waals surface area contributed by atoms with Gasteiger partial charge >= 0.3 is 5.97 Å². The van der Waals surface area contributed by atoms with E-state index >= 15 is 0 Å². The summed E-state index contributed by atoms with van der Waals surface area (Å²) in [6.45, 7) is 3.96. The van der Waals surface area contributed by atoms with Crippen LogP contribution >= 0.6 is 0 Å². The second-order valence-electron chi connectivity index (χ2n) is 5.24. The van der Waals surface area contributed by atoms with E-state index in [0.29, 0.717) is 12.2 Å². The molecule has 0 spiro atoms. The van der Waals surface area contributed by atoms with E-state index in [9.17, 15) is 9.59 Å². The Morgan fingerprint density at radius 2 is 2.00 bits per heavy atom. The number of imidazole rings is 1. The lowest BCUT2D eigenvalue weighted by atomic mass is 10.1. The average Bonchev–Trinajstić information content (AvgIpc) is 2.73. The molecular weight excluding hydrogens is 256 g/mol. The highest BCUT2D eigenvalue weighted by molar-refractivity contribution is 5.91. The van der Waals surface area contributed by atoms with E-state index in [1.54, 1.807) is 4.57 Å². The SMILES string of the molecule is CC(C)CC(=O)n1c(CCC(=O)O)nc2ccccc21. The first-order valence-electron chi connectivity index (χ1n) is 6.70. The standard InChI is InChI=1S/C15H18N2O3/c1-10(2)9-14(18)17-12-6-4-3-5-11(12)16-13(17)7-8-15(19)20/h3-6,10H,7-9H2,1-2H3,(H,19,20). The molecule has 1 heterocycles. The number of hydrogen-bond acceptors (Lipinski definition) is 3. The van der Waals surface area contributed by atoms with Crippen LogP contribution in [0.1, 0.15) is 37.3 Å². The molecule has 0 bridgehead atoms. The predicted molar refractivity (Wildman–Crippen MR) is 75.8 cm³/mol. The van der Waals surface area contributed by atoms with E-state index in [2.05, 4.69) is 4.98 Å². The number of benzene rings is 1. The first kappa shape index (κ1) is 14.2. The first-order chi connectivity index (χ1) is 9.49. The van der Waals surface area contributed by atoms with Crippen molar-refractivity contribution in [2.24, 2.45) is 5.92 Å². The number of fused-ring (bicyclic) bond motifs is 1. The van der Waals surface area contributed by atoms with Crippen molar-refractivity contribution in [2.45, 2.75) is 33.1 Å². The molecule has 0 atom stereocenters. The number of aliphatic carboxylic acids is 1. The molecule has 0 aliphatic heterocycles. The second kappa shape index (κ2) is 5.86. The number of nitrogens with zero attached hydrogens (tertiary/aromatic N) is 2. The van der Waals surface area contributed by atoms with Crippen LogP contribution in [-0.4, -0.2) is 26.5 Å². The topological polar surface area (TPSA) is 72.2 Å². The van der Waals surface area contributed by atoms with Crippen LogP contribution in [0.15, 0.2) is 24.3 Å². The minimum atomic E-state index is -0.889. The number of carbonyl (C=O) groups is 2. The molecule has 106 valence electrons. The van der Waals surface area contributed by atoms with Gasteiger partial charge in [0, 0.05) is 12.8 Å². The Balaban J connectivity index is 2.44. The number of carbonyl (C=O) groups excluding carboxylic acids is 1. The molecule has 0 saturated heterocycles. The summed E-state index contributed by atoms with van der Waals surface area (Å²) in [7, 11) is 0. The summed E-state index contributed by atoms with van der Waals surface area (Å²) in [6.07, 6.45) is 0.645. The molecule has 5 heteroatoms. The highest BCUT2D eigenvalue weighted by Gasteiger charge is 2.17. The van der Waals surface area contributed by atoms with Crippen LogP contribution < -0.4 is 0 Å². The number of carboxylic acid groups (broad SMARTS) is 1. The van der Waals surface area contributed by atoms with Gasteiger partial charge in [0.25, 0.3) is 0 Å². The highest BCUT2D eigenvalue weighted by Crippen LogP contribution is 2.19. The van der Waals surface area contributed by atoms with Gasteiger partial charge in [-0.05, 0) is 18.1 Å². The summed E-state index contributed by atoms with van der Waals surface area (Å²) in [5.74, 6) is -0.149. The summed E-state index contributed by atoms with van der Waals surface area (Å²) in [6, 6.07) is 7.38. The fourth-order valence-electron chi connectivity index (χ4n) is 2.18. The summed E-state index contributed by atoms with van der Waals surface area (Å²) in [5, 5.41) is 8.80. The van der Waals surface area contributed by atoms with Crippen LogP contribution in [0.5, 0.6) is 0 Å². The molecule has 0 radical (unpaired) electrons. The van der Waals surface area contributed by atoms with Crippen LogP contribution in [0, 0.1) is 5.92 Å². The number of aromatic nitrogens is 2. The maximum Gasteiger partial charge on any atom is 0.303 e. The van der Waals surface area contributed by atoms with Gasteiger partial charge in [0.15, 0.2) is 0 Å². The van der Waals surface area contributed by atoms with Gasteiger partial charge in [-0.2, -0.15) is 0 Å². The average molecular weight is 274 g/mol. The molecule has 5 nitrogen and oxygen atoms in total. The molecule has 0 aliphatic rings. The van der Waals surface area contributed by atoms with Gasteiger partial charge in [0.05, 0.1) is 17.5 Å². The maximum atomic E-state index is 12.4. The monoisotopic (exact) mass is 274 g/mol. The smallest absolute Gasteiger partial charge is 0.303 e. The van der Waals surface area contributed by atoms with Gasteiger partial charge in [-0.25, -0.2) is 4.98 Å². The minimum absolute atomic E-state index is 0.0295. The fourth-order valence-corrected chi connectivity index (χ4v) is 2.18. The van der Waals surface area contributed by atoms with Gasteiger partial charge in [0.2, 0.25) is 5.91 Å². The molecule has 0 aliphatic carbocycles. The van der Waals surface area contributed by atoms with E-state index in [1.165, 1.54) is 0 Å². The Morgan fingerprint density at radius 1 is 1.30 bits per heavy atom. The van der Waals surface area contributed by atoms with Crippen molar-refractivity contribution in [3.63, 3.8) is 0 Å². The van der Waals surface area contributed by atoms with Crippen molar-refractivity contribution in [1.29, 1.82) is 0 Å². The van der Waals surface area contributed by atoms with Crippen LogP contribution in [0.3, 0.4) is 0 Å². The van der Waals surface area contributed by atoms with Gasteiger partial charge in [-0.15, -0.1) is 0 Å². The minimum Gasteiger partial charge on any atom is -0.481 e. The van der Waals surface area contributed by atoms with Crippen LogP contribution in [0.2, 0.25) is 0 Å². The van der Waals surface area contributed by atoms with Crippen molar-refractivity contribution in [1.82, 2.24) is 9.55 Å². The van der Waals surface area contributed by atoms with Crippen molar-refractivity contribution < 1.29 is 14.7 Å². The number of para-hydroxylation sites is 2. The van der Waals surface area contributed by atoms with E-state index in [0.717, 1.165) is 11.0 Å². The second-order valence-corrected chi connectivity index (χ2v) is 5.24. The molecule has 1 aromatic heterocycles. The zero-order valence-electron chi connectivity index (χ0n) is 11.7. The third-order valence-electron chi connectivity index (χ3n) is 3.02. The Labute approximate surface area is 117 Å². The Kier molecular flexibility index (Phi) is 4.17. The number of hydrogen-bond donors (Lipinski definition) is 1. The van der Waals surface area contributed by atoms with Gasteiger partial charge in [0.1, 0.15) is 5.82 Å². The molecule has 1 aromatic carbocycles. The number of carboxylic acids is 1. The van der Waals surface area contributed by atoms with Gasteiger partial charge in [-0.3, -0.25) is 14.2 Å². The molecule has 0 amide bonds. The quantitative estimate of drug-likeness (QED) is 0.910. The largest absolute Gasteiger partial charge is 0.481 e. The molecule has 2 aromatic rings. The van der Waals surface area contributed by atoms with E-state index in [4.69, 9.17) is 5.11 Å². The lowest BCUT2D eigenvalue weighted by Crippen LogP contribution is -2.16. The maximum absolute atomic E-state index is 12.4. The molecular formula is C15H18N2O3. The zero-order valence-corrected chi connectivity index (χ0v) is 11.7. The van der Waals surface area contributed by atoms with Gasteiger partial charge in [-0.1, -0.05) is 26.0 Å². The number of rotatable bonds is 5. The van der Waals surface area contributed by atoms with E-state index < -0.39 is 5.97 Å². The number of aryl methyl sites for hydroxylation is 1. The molecule has 0 fully saturated rings. The summed E-state index contributed by atoms with van der Waals surface area (Å²) < 4.78 is 1.57. The molecule has 1 N–H and O–H groups in total. The first-order valence-corrected chi connectivity index (χ1v) is 6.70. The van der Waals surface area contributed by atoms with Crippen molar-refractivity contribution in [3.05, 3.63) is 30.1 Å². The molecule has 0 saturated carbocycles. The Morgan fingerprint density at radius 3 is 2.65 bits per heavy atom. The van der Waals surface area contributed by atoms with Crippen molar-refractivity contribution >= 4 is 22.9 Å². The predicted octanol–water partition coefficient (Wildman–Crippen LogP) is 2.74. The fraction of sp³-hybridized carbons (Fsp3) is 0.400. The Hall–Kier alpha value is -2.17.